The lowest BCUT2D eigenvalue weighted by Crippen LogP contribution is -2.45. The highest BCUT2D eigenvalue weighted by atomic mass is 79.9. The summed E-state index contributed by atoms with van der Waals surface area (Å²) in [6.07, 6.45) is 3.26. The summed E-state index contributed by atoms with van der Waals surface area (Å²) in [7, 11) is 0. The maximum atomic E-state index is 12.6. The molecule has 0 aromatic heterocycles. The Kier molecular flexibility index (Phi) is 4.75. The maximum absolute atomic E-state index is 12.6. The van der Waals surface area contributed by atoms with Crippen LogP contribution in [0.5, 0.6) is 0 Å². The van der Waals surface area contributed by atoms with Crippen molar-refractivity contribution >= 4 is 27.5 Å². The molecule has 0 heterocycles. The molecule has 0 atom stereocenters. The molecule has 1 saturated carbocycles. The molecule has 0 bridgehead atoms. The first-order valence-electron chi connectivity index (χ1n) is 6.66. The Morgan fingerprint density at radius 2 is 2.20 bits per heavy atom. The lowest BCUT2D eigenvalue weighted by molar-refractivity contribution is -0.384. The van der Waals surface area contributed by atoms with Crippen molar-refractivity contribution < 1.29 is 9.72 Å². The third-order valence-electron chi connectivity index (χ3n) is 3.75. The van der Waals surface area contributed by atoms with Crippen molar-refractivity contribution in [3.8, 4) is 0 Å². The van der Waals surface area contributed by atoms with Gasteiger partial charge in [0.2, 0.25) is 0 Å². The molecule has 108 valence electrons. The van der Waals surface area contributed by atoms with E-state index in [0.29, 0.717) is 23.7 Å². The van der Waals surface area contributed by atoms with Gasteiger partial charge in [-0.05, 0) is 37.8 Å². The Morgan fingerprint density at radius 3 is 2.65 bits per heavy atom. The van der Waals surface area contributed by atoms with Gasteiger partial charge in [0.1, 0.15) is 0 Å². The molecule has 6 heteroatoms. The Balaban J connectivity index is 2.24. The molecule has 1 fully saturated rings. The predicted molar refractivity (Wildman–Crippen MR) is 80.3 cm³/mol. The van der Waals surface area contributed by atoms with Crippen LogP contribution in [0.2, 0.25) is 0 Å². The van der Waals surface area contributed by atoms with E-state index in [2.05, 4.69) is 15.9 Å². The van der Waals surface area contributed by atoms with Crippen molar-refractivity contribution in [2.45, 2.75) is 32.2 Å². The van der Waals surface area contributed by atoms with Gasteiger partial charge in [-0.25, -0.2) is 0 Å². The number of nitro benzene ring substituents is 1. The summed E-state index contributed by atoms with van der Waals surface area (Å²) in [5.41, 5.74) is 1.24. The minimum absolute atomic E-state index is 0.0229. The van der Waals surface area contributed by atoms with Crippen LogP contribution in [0.4, 0.5) is 5.69 Å². The summed E-state index contributed by atoms with van der Waals surface area (Å²) < 4.78 is 0. The zero-order valence-corrected chi connectivity index (χ0v) is 12.9. The van der Waals surface area contributed by atoms with Gasteiger partial charge in [-0.2, -0.15) is 0 Å². The number of nitro groups is 1. The SMILES string of the molecule is Cc1cc([N+](=O)[O-])ccc1C(=O)N(CCBr)C1CCC1. The van der Waals surface area contributed by atoms with Crippen LogP contribution in [0.3, 0.4) is 0 Å². The van der Waals surface area contributed by atoms with E-state index in [-0.39, 0.29) is 11.6 Å². The summed E-state index contributed by atoms with van der Waals surface area (Å²) in [4.78, 5) is 24.8. The standard InChI is InChI=1S/C14H17BrN2O3/c1-10-9-12(17(19)20)5-6-13(10)14(18)16(8-7-15)11-3-2-4-11/h5-6,9,11H,2-4,7-8H2,1H3. The zero-order valence-electron chi connectivity index (χ0n) is 11.3. The van der Waals surface area contributed by atoms with Gasteiger partial charge < -0.3 is 4.90 Å². The van der Waals surface area contributed by atoms with Gasteiger partial charge in [0.15, 0.2) is 0 Å². The number of nitrogens with zero attached hydrogens (tertiary/aromatic N) is 2. The largest absolute Gasteiger partial charge is 0.335 e. The molecular weight excluding hydrogens is 324 g/mol. The van der Waals surface area contributed by atoms with Gasteiger partial charge in [0, 0.05) is 35.6 Å². The van der Waals surface area contributed by atoms with Crippen molar-refractivity contribution in [2.24, 2.45) is 0 Å². The van der Waals surface area contributed by atoms with Gasteiger partial charge in [-0.15, -0.1) is 0 Å². The average Bonchev–Trinajstić information content (AvgIpc) is 2.35. The van der Waals surface area contributed by atoms with Crippen LogP contribution in [0.15, 0.2) is 18.2 Å². The number of non-ortho nitro benzene ring substituents is 1. The highest BCUT2D eigenvalue weighted by molar-refractivity contribution is 9.09. The number of amides is 1. The first kappa shape index (κ1) is 15.0. The van der Waals surface area contributed by atoms with E-state index in [0.717, 1.165) is 24.6 Å². The number of hydrogen-bond donors (Lipinski definition) is 0. The van der Waals surface area contributed by atoms with Crippen LogP contribution >= 0.6 is 15.9 Å². The highest BCUT2D eigenvalue weighted by Gasteiger charge is 2.29. The summed E-state index contributed by atoms with van der Waals surface area (Å²) >= 11 is 3.38. The zero-order chi connectivity index (χ0) is 14.7. The molecule has 0 saturated heterocycles. The van der Waals surface area contributed by atoms with Crippen LogP contribution in [0, 0.1) is 17.0 Å². The molecule has 0 spiro atoms. The number of rotatable bonds is 5. The molecule has 0 N–H and O–H groups in total. The number of benzene rings is 1. The lowest BCUT2D eigenvalue weighted by Gasteiger charge is -2.37. The van der Waals surface area contributed by atoms with Crippen molar-refractivity contribution in [3.05, 3.63) is 39.4 Å². The van der Waals surface area contributed by atoms with Gasteiger partial charge in [-0.3, -0.25) is 14.9 Å². The first-order valence-corrected chi connectivity index (χ1v) is 7.78. The van der Waals surface area contributed by atoms with E-state index in [9.17, 15) is 14.9 Å². The minimum atomic E-state index is -0.441. The van der Waals surface area contributed by atoms with E-state index in [1.54, 1.807) is 13.0 Å². The maximum Gasteiger partial charge on any atom is 0.269 e. The molecule has 1 aromatic rings. The highest BCUT2D eigenvalue weighted by Crippen LogP contribution is 2.27. The van der Waals surface area contributed by atoms with Crippen molar-refractivity contribution in [1.82, 2.24) is 4.90 Å². The molecule has 0 unspecified atom stereocenters. The van der Waals surface area contributed by atoms with E-state index in [1.165, 1.54) is 12.1 Å². The number of carbonyl (C=O) groups excluding carboxylic acids is 1. The molecule has 0 radical (unpaired) electrons. The fourth-order valence-corrected chi connectivity index (χ4v) is 2.78. The number of hydrogen-bond acceptors (Lipinski definition) is 3. The second-order valence-electron chi connectivity index (χ2n) is 5.03. The van der Waals surface area contributed by atoms with Gasteiger partial charge >= 0.3 is 0 Å². The monoisotopic (exact) mass is 340 g/mol. The molecule has 20 heavy (non-hydrogen) atoms. The van der Waals surface area contributed by atoms with E-state index >= 15 is 0 Å². The number of aryl methyl sites for hydroxylation is 1. The Labute approximate surface area is 126 Å². The topological polar surface area (TPSA) is 63.5 Å². The van der Waals surface area contributed by atoms with Gasteiger partial charge in [0.05, 0.1) is 4.92 Å². The molecule has 1 aliphatic rings. The van der Waals surface area contributed by atoms with Gasteiger partial charge in [0.25, 0.3) is 11.6 Å². The third-order valence-corrected chi connectivity index (χ3v) is 4.11. The van der Waals surface area contributed by atoms with Gasteiger partial charge in [-0.1, -0.05) is 15.9 Å². The smallest absolute Gasteiger partial charge is 0.269 e. The Hall–Kier alpha value is -1.43. The molecule has 5 nitrogen and oxygen atoms in total. The quantitative estimate of drug-likeness (QED) is 0.469. The summed E-state index contributed by atoms with van der Waals surface area (Å²) in [6, 6.07) is 4.73. The van der Waals surface area contributed by atoms with Crippen LogP contribution in [0.1, 0.15) is 35.2 Å². The lowest BCUT2D eigenvalue weighted by atomic mass is 9.90. The average molecular weight is 341 g/mol. The molecule has 0 aliphatic heterocycles. The molecule has 2 rings (SSSR count). The van der Waals surface area contributed by atoms with E-state index < -0.39 is 4.92 Å². The second-order valence-corrected chi connectivity index (χ2v) is 5.82. The fraction of sp³-hybridized carbons (Fsp3) is 0.500. The van der Waals surface area contributed by atoms with Crippen LogP contribution < -0.4 is 0 Å². The summed E-state index contributed by atoms with van der Waals surface area (Å²) in [5, 5.41) is 11.5. The minimum Gasteiger partial charge on any atom is -0.335 e. The number of alkyl halides is 1. The normalized spacial score (nSPS) is 14.7. The molecule has 1 amide bonds. The van der Waals surface area contributed by atoms with E-state index in [4.69, 9.17) is 0 Å². The Morgan fingerprint density at radius 1 is 1.50 bits per heavy atom. The number of halogens is 1. The first-order chi connectivity index (χ1) is 9.54. The van der Waals surface area contributed by atoms with Crippen LogP contribution in [0.25, 0.3) is 0 Å². The third kappa shape index (κ3) is 3.00. The summed E-state index contributed by atoms with van der Waals surface area (Å²) in [6.45, 7) is 2.41. The molecule has 1 aromatic carbocycles. The predicted octanol–water partition coefficient (Wildman–Crippen LogP) is 3.29. The summed E-state index contributed by atoms with van der Waals surface area (Å²) in [5.74, 6) is -0.0263. The van der Waals surface area contributed by atoms with E-state index in [1.807, 2.05) is 4.90 Å². The van der Waals surface area contributed by atoms with Crippen molar-refractivity contribution in [2.75, 3.05) is 11.9 Å². The Bertz CT molecular complexity index is 529. The van der Waals surface area contributed by atoms with Crippen LogP contribution in [-0.4, -0.2) is 33.6 Å². The van der Waals surface area contributed by atoms with Crippen molar-refractivity contribution in [1.29, 1.82) is 0 Å². The second kappa shape index (κ2) is 6.35. The number of carbonyl (C=O) groups is 1. The molecular formula is C14H17BrN2O3. The van der Waals surface area contributed by atoms with Crippen LogP contribution in [-0.2, 0) is 0 Å². The van der Waals surface area contributed by atoms with Crippen molar-refractivity contribution in [3.63, 3.8) is 0 Å². The fourth-order valence-electron chi connectivity index (χ4n) is 2.40. The molecule has 1 aliphatic carbocycles.